The fourth-order valence-corrected chi connectivity index (χ4v) is 2.70. The smallest absolute Gasteiger partial charge is 0.297 e. The van der Waals surface area contributed by atoms with Crippen LogP contribution in [0.4, 0.5) is 0 Å². The monoisotopic (exact) mass is 315 g/mol. The number of hydrogen-bond donors (Lipinski definition) is 0. The summed E-state index contributed by atoms with van der Waals surface area (Å²) in [4.78, 5) is 0. The van der Waals surface area contributed by atoms with Crippen molar-refractivity contribution in [1.29, 1.82) is 0 Å². The van der Waals surface area contributed by atoms with Crippen molar-refractivity contribution in [3.8, 4) is 5.69 Å². The highest BCUT2D eigenvalue weighted by atomic mass is 35.7. The Labute approximate surface area is 121 Å². The van der Waals surface area contributed by atoms with Crippen LogP contribution in [0.3, 0.4) is 0 Å². The number of benzene rings is 1. The van der Waals surface area contributed by atoms with Crippen LogP contribution in [0, 0.1) is 0 Å². The summed E-state index contributed by atoms with van der Waals surface area (Å²) >= 11 is 0. The molecule has 1 aromatic heterocycles. The molecule has 0 unspecified atom stereocenters. The summed E-state index contributed by atoms with van der Waals surface area (Å²) in [5, 5.41) is 7.35. The summed E-state index contributed by atoms with van der Waals surface area (Å²) in [6, 6.07) is 8.99. The largest absolute Gasteiger partial charge is 0.385 e. The zero-order valence-corrected chi connectivity index (χ0v) is 12.4. The molecule has 0 fully saturated rings. The van der Waals surface area contributed by atoms with Crippen molar-refractivity contribution in [2.45, 2.75) is 18.0 Å². The van der Waals surface area contributed by atoms with E-state index in [1.165, 1.54) is 4.57 Å². The molecule has 20 heavy (non-hydrogen) atoms. The van der Waals surface area contributed by atoms with Gasteiger partial charge in [-0.2, -0.15) is 0 Å². The van der Waals surface area contributed by atoms with Gasteiger partial charge in [0.1, 0.15) is 5.82 Å². The molecule has 6 nitrogen and oxygen atoms in total. The quantitative estimate of drug-likeness (QED) is 0.600. The number of nitrogens with zero attached hydrogens (tertiary/aromatic N) is 3. The van der Waals surface area contributed by atoms with Gasteiger partial charge in [0.2, 0.25) is 0 Å². The zero-order chi connectivity index (χ0) is 14.6. The molecule has 0 radical (unpaired) electrons. The normalized spacial score (nSPS) is 11.7. The van der Waals surface area contributed by atoms with Gasteiger partial charge in [0, 0.05) is 36.5 Å². The third-order valence-corrected chi connectivity index (χ3v) is 3.80. The minimum absolute atomic E-state index is 0.266. The third-order valence-electron chi connectivity index (χ3n) is 2.68. The van der Waals surface area contributed by atoms with E-state index in [4.69, 9.17) is 15.4 Å². The van der Waals surface area contributed by atoms with Gasteiger partial charge in [0.05, 0.1) is 0 Å². The summed E-state index contributed by atoms with van der Waals surface area (Å²) in [6.45, 7) is 0.560. The number of methoxy groups -OCH3 is 1. The highest BCUT2D eigenvalue weighted by Crippen LogP contribution is 2.20. The predicted molar refractivity (Wildman–Crippen MR) is 74.6 cm³/mol. The molecule has 0 atom stereocenters. The highest BCUT2D eigenvalue weighted by Gasteiger charge is 2.23. The lowest BCUT2D eigenvalue weighted by molar-refractivity contribution is 0.194. The number of halogens is 1. The van der Waals surface area contributed by atoms with Crippen molar-refractivity contribution < 1.29 is 13.2 Å². The molecule has 0 saturated heterocycles. The SMILES string of the molecule is COCCCc1nnc(S(=O)(=O)Cl)n1-c1ccccc1. The van der Waals surface area contributed by atoms with E-state index in [0.29, 0.717) is 31.0 Å². The average Bonchev–Trinajstić information content (AvgIpc) is 2.84. The minimum atomic E-state index is -3.96. The predicted octanol–water partition coefficient (Wildman–Crippen LogP) is 1.77. The van der Waals surface area contributed by atoms with Crippen LogP contribution >= 0.6 is 10.7 Å². The first-order valence-corrected chi connectivity index (χ1v) is 8.28. The number of aryl methyl sites for hydroxylation is 1. The van der Waals surface area contributed by atoms with Gasteiger partial charge < -0.3 is 4.74 Å². The van der Waals surface area contributed by atoms with Crippen molar-refractivity contribution in [3.05, 3.63) is 36.2 Å². The van der Waals surface area contributed by atoms with Crippen molar-refractivity contribution in [1.82, 2.24) is 14.8 Å². The number of aromatic nitrogens is 3. The van der Waals surface area contributed by atoms with Crippen LogP contribution in [0.5, 0.6) is 0 Å². The van der Waals surface area contributed by atoms with Gasteiger partial charge in [0.25, 0.3) is 14.2 Å². The summed E-state index contributed by atoms with van der Waals surface area (Å²) in [7, 11) is 3.06. The van der Waals surface area contributed by atoms with Crippen LogP contribution in [0.1, 0.15) is 12.2 Å². The van der Waals surface area contributed by atoms with Crippen molar-refractivity contribution in [2.24, 2.45) is 0 Å². The lowest BCUT2D eigenvalue weighted by Crippen LogP contribution is -2.08. The molecule has 0 aliphatic rings. The molecule has 0 bridgehead atoms. The van der Waals surface area contributed by atoms with E-state index >= 15 is 0 Å². The van der Waals surface area contributed by atoms with Crippen LogP contribution < -0.4 is 0 Å². The molecular formula is C12H14ClN3O3S. The Morgan fingerprint density at radius 3 is 2.55 bits per heavy atom. The molecule has 8 heteroatoms. The molecule has 0 spiro atoms. The van der Waals surface area contributed by atoms with Crippen LogP contribution in [-0.4, -0.2) is 36.9 Å². The summed E-state index contributed by atoms with van der Waals surface area (Å²) in [5.41, 5.74) is 0.657. The van der Waals surface area contributed by atoms with Crippen LogP contribution in [-0.2, 0) is 20.2 Å². The Balaban J connectivity index is 2.46. The second-order valence-corrected chi connectivity index (χ2v) is 6.56. The number of ether oxygens (including phenoxy) is 1. The van der Waals surface area contributed by atoms with Gasteiger partial charge in [0.15, 0.2) is 0 Å². The summed E-state index contributed by atoms with van der Waals surface area (Å²) in [6.07, 6.45) is 1.26. The average molecular weight is 316 g/mol. The van der Waals surface area contributed by atoms with Gasteiger partial charge in [-0.15, -0.1) is 10.2 Å². The van der Waals surface area contributed by atoms with Crippen LogP contribution in [0.15, 0.2) is 35.5 Å². The van der Waals surface area contributed by atoms with Crippen LogP contribution in [0.2, 0.25) is 0 Å². The Kier molecular flexibility index (Phi) is 4.74. The van der Waals surface area contributed by atoms with Gasteiger partial charge in [-0.3, -0.25) is 4.57 Å². The first-order valence-electron chi connectivity index (χ1n) is 5.97. The molecule has 0 N–H and O–H groups in total. The molecule has 1 heterocycles. The molecule has 0 amide bonds. The van der Waals surface area contributed by atoms with Gasteiger partial charge >= 0.3 is 0 Å². The number of rotatable bonds is 6. The highest BCUT2D eigenvalue weighted by molar-refractivity contribution is 8.13. The van der Waals surface area contributed by atoms with Gasteiger partial charge in [-0.05, 0) is 18.6 Å². The maximum Gasteiger partial charge on any atom is 0.297 e. The maximum atomic E-state index is 11.6. The first kappa shape index (κ1) is 15.0. The van der Waals surface area contributed by atoms with E-state index in [0.717, 1.165) is 0 Å². The third kappa shape index (κ3) is 3.36. The van der Waals surface area contributed by atoms with Crippen LogP contribution in [0.25, 0.3) is 5.69 Å². The Hall–Kier alpha value is -1.44. The fraction of sp³-hybridized carbons (Fsp3) is 0.333. The molecule has 1 aromatic carbocycles. The molecule has 108 valence electrons. The molecule has 2 rings (SSSR count). The second-order valence-electron chi connectivity index (χ2n) is 4.10. The van der Waals surface area contributed by atoms with E-state index in [1.54, 1.807) is 31.4 Å². The van der Waals surface area contributed by atoms with E-state index in [2.05, 4.69) is 10.2 Å². The van der Waals surface area contributed by atoms with E-state index < -0.39 is 9.05 Å². The van der Waals surface area contributed by atoms with Crippen molar-refractivity contribution >= 4 is 19.7 Å². The number of hydrogen-bond acceptors (Lipinski definition) is 5. The number of para-hydroxylation sites is 1. The molecule has 0 aliphatic heterocycles. The molecule has 2 aromatic rings. The Bertz CT molecular complexity index is 671. The summed E-state index contributed by atoms with van der Waals surface area (Å²) in [5.74, 6) is 0.535. The van der Waals surface area contributed by atoms with Crippen molar-refractivity contribution in [3.63, 3.8) is 0 Å². The van der Waals surface area contributed by atoms with E-state index in [9.17, 15) is 8.42 Å². The topological polar surface area (TPSA) is 74.1 Å². The maximum absolute atomic E-state index is 11.6. The zero-order valence-electron chi connectivity index (χ0n) is 10.9. The Morgan fingerprint density at radius 1 is 1.25 bits per heavy atom. The second kappa shape index (κ2) is 6.34. The van der Waals surface area contributed by atoms with E-state index in [1.807, 2.05) is 6.07 Å². The summed E-state index contributed by atoms with van der Waals surface area (Å²) < 4.78 is 29.6. The lowest BCUT2D eigenvalue weighted by Gasteiger charge is -2.08. The lowest BCUT2D eigenvalue weighted by atomic mass is 10.3. The van der Waals surface area contributed by atoms with Crippen molar-refractivity contribution in [2.75, 3.05) is 13.7 Å². The standard InChI is InChI=1S/C12H14ClN3O3S/c1-19-9-5-8-11-14-15-12(20(13,17)18)16(11)10-6-3-2-4-7-10/h2-4,6-7H,5,8-9H2,1H3. The fourth-order valence-electron chi connectivity index (χ4n) is 1.83. The first-order chi connectivity index (χ1) is 9.54. The van der Waals surface area contributed by atoms with Gasteiger partial charge in [-0.25, -0.2) is 8.42 Å². The molecule has 0 saturated carbocycles. The Morgan fingerprint density at radius 2 is 1.95 bits per heavy atom. The van der Waals surface area contributed by atoms with E-state index in [-0.39, 0.29) is 5.16 Å². The minimum Gasteiger partial charge on any atom is -0.385 e. The molecular weight excluding hydrogens is 302 g/mol. The molecule has 0 aliphatic carbocycles. The van der Waals surface area contributed by atoms with Gasteiger partial charge in [-0.1, -0.05) is 18.2 Å².